The van der Waals surface area contributed by atoms with Gasteiger partial charge in [-0.3, -0.25) is 0 Å². The van der Waals surface area contributed by atoms with Gasteiger partial charge in [-0.2, -0.15) is 5.26 Å². The van der Waals surface area contributed by atoms with Gasteiger partial charge in [0.2, 0.25) is 0 Å². The van der Waals surface area contributed by atoms with Crippen LogP contribution in [0.25, 0.3) is 10.4 Å². The summed E-state index contributed by atoms with van der Waals surface area (Å²) in [5.74, 6) is 0.830. The minimum absolute atomic E-state index is 0.727. The van der Waals surface area contributed by atoms with E-state index in [1.54, 1.807) is 23.1 Å². The highest BCUT2D eigenvalue weighted by atomic mass is 32.2. The molecular formula is C22H21N3S2. The summed E-state index contributed by atoms with van der Waals surface area (Å²) < 4.78 is 0. The molecule has 5 heteroatoms. The number of fused-ring (bicyclic) bond motifs is 1. The third kappa shape index (κ3) is 3.66. The fourth-order valence-electron chi connectivity index (χ4n) is 3.49. The molecule has 2 aromatic heterocycles. The summed E-state index contributed by atoms with van der Waals surface area (Å²) in [6, 6.07) is 15.1. The van der Waals surface area contributed by atoms with Crippen LogP contribution in [0.4, 0.5) is 0 Å². The van der Waals surface area contributed by atoms with E-state index in [0.29, 0.717) is 0 Å². The molecule has 0 atom stereocenters. The number of pyridine rings is 1. The maximum absolute atomic E-state index is 10.0. The SMILES string of the molecule is Cc1ccccc1CSc1nc2c(c(-c3cccs3)c1C#N)CN(C)CC2. The summed E-state index contributed by atoms with van der Waals surface area (Å²) >= 11 is 3.38. The second kappa shape index (κ2) is 7.85. The largest absolute Gasteiger partial charge is 0.302 e. The van der Waals surface area contributed by atoms with Gasteiger partial charge >= 0.3 is 0 Å². The van der Waals surface area contributed by atoms with E-state index >= 15 is 0 Å². The Morgan fingerprint density at radius 3 is 2.85 bits per heavy atom. The average molecular weight is 392 g/mol. The molecule has 0 bridgehead atoms. The molecular weight excluding hydrogens is 370 g/mol. The van der Waals surface area contributed by atoms with E-state index < -0.39 is 0 Å². The van der Waals surface area contributed by atoms with E-state index in [9.17, 15) is 5.26 Å². The lowest BCUT2D eigenvalue weighted by Crippen LogP contribution is -2.28. The summed E-state index contributed by atoms with van der Waals surface area (Å²) in [6.07, 6.45) is 0.938. The molecule has 0 saturated carbocycles. The second-order valence-corrected chi connectivity index (χ2v) is 8.80. The molecule has 1 aliphatic rings. The smallest absolute Gasteiger partial charge is 0.115 e. The van der Waals surface area contributed by atoms with E-state index in [2.05, 4.69) is 66.7 Å². The van der Waals surface area contributed by atoms with E-state index in [0.717, 1.165) is 47.1 Å². The Morgan fingerprint density at radius 1 is 1.26 bits per heavy atom. The summed E-state index contributed by atoms with van der Waals surface area (Å²) in [7, 11) is 2.13. The van der Waals surface area contributed by atoms with Gasteiger partial charge in [0.1, 0.15) is 11.1 Å². The topological polar surface area (TPSA) is 39.9 Å². The number of nitriles is 1. The Balaban J connectivity index is 1.79. The van der Waals surface area contributed by atoms with Gasteiger partial charge in [-0.25, -0.2) is 4.98 Å². The number of aromatic nitrogens is 1. The van der Waals surface area contributed by atoms with Crippen LogP contribution in [-0.4, -0.2) is 23.5 Å². The maximum Gasteiger partial charge on any atom is 0.115 e. The van der Waals surface area contributed by atoms with Gasteiger partial charge in [0.05, 0.1) is 5.56 Å². The lowest BCUT2D eigenvalue weighted by Gasteiger charge is -2.27. The molecule has 3 aromatic rings. The molecule has 0 saturated heterocycles. The summed E-state index contributed by atoms with van der Waals surface area (Å²) in [6.45, 7) is 4.00. The Morgan fingerprint density at radius 2 is 2.11 bits per heavy atom. The van der Waals surface area contributed by atoms with Crippen molar-refractivity contribution in [2.75, 3.05) is 13.6 Å². The minimum Gasteiger partial charge on any atom is -0.302 e. The van der Waals surface area contributed by atoms with Crippen LogP contribution in [0.2, 0.25) is 0 Å². The fraction of sp³-hybridized carbons (Fsp3) is 0.273. The van der Waals surface area contributed by atoms with Crippen LogP contribution < -0.4 is 0 Å². The van der Waals surface area contributed by atoms with Gasteiger partial charge < -0.3 is 4.90 Å². The number of thioether (sulfide) groups is 1. The highest BCUT2D eigenvalue weighted by Crippen LogP contribution is 2.39. The lowest BCUT2D eigenvalue weighted by molar-refractivity contribution is 0.310. The molecule has 0 unspecified atom stereocenters. The van der Waals surface area contributed by atoms with Crippen LogP contribution in [0.1, 0.15) is 27.9 Å². The highest BCUT2D eigenvalue weighted by molar-refractivity contribution is 7.98. The highest BCUT2D eigenvalue weighted by Gasteiger charge is 2.25. The van der Waals surface area contributed by atoms with Crippen molar-refractivity contribution >= 4 is 23.1 Å². The summed E-state index contributed by atoms with van der Waals surface area (Å²) in [4.78, 5) is 8.43. The van der Waals surface area contributed by atoms with Gasteiger partial charge in [0, 0.05) is 41.4 Å². The average Bonchev–Trinajstić information content (AvgIpc) is 3.20. The van der Waals surface area contributed by atoms with Crippen molar-refractivity contribution in [2.45, 2.75) is 30.7 Å². The number of nitrogens with zero attached hydrogens (tertiary/aromatic N) is 3. The van der Waals surface area contributed by atoms with Gasteiger partial charge in [0.25, 0.3) is 0 Å². The van der Waals surface area contributed by atoms with Crippen molar-refractivity contribution < 1.29 is 0 Å². The molecule has 4 rings (SSSR count). The predicted molar refractivity (Wildman–Crippen MR) is 113 cm³/mol. The molecule has 136 valence electrons. The van der Waals surface area contributed by atoms with E-state index in [1.165, 1.54) is 21.6 Å². The van der Waals surface area contributed by atoms with Crippen molar-refractivity contribution in [1.82, 2.24) is 9.88 Å². The number of benzene rings is 1. The van der Waals surface area contributed by atoms with E-state index in [1.807, 2.05) is 0 Å². The van der Waals surface area contributed by atoms with Gasteiger partial charge in [-0.1, -0.05) is 30.3 Å². The standard InChI is InChI=1S/C22H21N3S2/c1-15-6-3-4-7-16(15)14-27-22-17(12-23)21(20-8-5-11-26-20)18-13-25(2)10-9-19(18)24-22/h3-8,11H,9-10,13-14H2,1-2H3. The maximum atomic E-state index is 10.0. The molecule has 0 aliphatic carbocycles. The molecule has 0 fully saturated rings. The van der Waals surface area contributed by atoms with Crippen molar-refractivity contribution in [3.8, 4) is 16.5 Å². The first-order valence-electron chi connectivity index (χ1n) is 9.03. The number of hydrogen-bond acceptors (Lipinski definition) is 5. The number of rotatable bonds is 4. The van der Waals surface area contributed by atoms with Crippen molar-refractivity contribution in [3.05, 3.63) is 69.7 Å². The Bertz CT molecular complexity index is 1000. The van der Waals surface area contributed by atoms with Crippen LogP contribution in [0.3, 0.4) is 0 Å². The zero-order valence-corrected chi connectivity index (χ0v) is 17.2. The molecule has 27 heavy (non-hydrogen) atoms. The van der Waals surface area contributed by atoms with Crippen molar-refractivity contribution in [3.63, 3.8) is 0 Å². The molecule has 0 radical (unpaired) electrons. The quantitative estimate of drug-likeness (QED) is 0.568. The van der Waals surface area contributed by atoms with Crippen molar-refractivity contribution in [1.29, 1.82) is 5.26 Å². The van der Waals surface area contributed by atoms with Crippen LogP contribution in [0.5, 0.6) is 0 Å². The number of hydrogen-bond donors (Lipinski definition) is 0. The van der Waals surface area contributed by atoms with Crippen LogP contribution >= 0.6 is 23.1 Å². The lowest BCUT2D eigenvalue weighted by atomic mass is 9.96. The van der Waals surface area contributed by atoms with Gasteiger partial charge in [-0.05, 0) is 42.1 Å². The number of likely N-dealkylation sites (N-methyl/N-ethyl adjacent to an activating group) is 1. The zero-order valence-electron chi connectivity index (χ0n) is 15.5. The number of aryl methyl sites for hydroxylation is 1. The third-order valence-corrected chi connectivity index (χ3v) is 6.93. The van der Waals surface area contributed by atoms with Crippen molar-refractivity contribution in [2.24, 2.45) is 0 Å². The van der Waals surface area contributed by atoms with Crippen LogP contribution in [-0.2, 0) is 18.7 Å². The molecule has 0 N–H and O–H groups in total. The molecule has 0 spiro atoms. The van der Waals surface area contributed by atoms with Gasteiger partial charge in [-0.15, -0.1) is 23.1 Å². The number of thiophene rings is 1. The Labute approximate surface area is 168 Å². The summed E-state index contributed by atoms with van der Waals surface area (Å²) in [5.41, 5.74) is 6.78. The zero-order chi connectivity index (χ0) is 18.8. The molecule has 1 aliphatic heterocycles. The predicted octanol–water partition coefficient (Wildman–Crippen LogP) is 5.27. The van der Waals surface area contributed by atoms with Crippen LogP contribution in [0, 0.1) is 18.3 Å². The first-order valence-corrected chi connectivity index (χ1v) is 10.9. The summed E-state index contributed by atoms with van der Waals surface area (Å²) in [5, 5.41) is 13.0. The molecule has 3 nitrogen and oxygen atoms in total. The van der Waals surface area contributed by atoms with E-state index in [4.69, 9.17) is 4.98 Å². The molecule has 1 aromatic carbocycles. The molecule has 3 heterocycles. The van der Waals surface area contributed by atoms with Gasteiger partial charge in [0.15, 0.2) is 0 Å². The normalized spacial score (nSPS) is 14.0. The van der Waals surface area contributed by atoms with Crippen LogP contribution in [0.15, 0.2) is 46.8 Å². The Hall–Kier alpha value is -2.13. The molecule has 0 amide bonds. The fourth-order valence-corrected chi connectivity index (χ4v) is 5.38. The third-order valence-electron chi connectivity index (χ3n) is 5.01. The first-order chi connectivity index (χ1) is 13.2. The Kier molecular flexibility index (Phi) is 5.31. The van der Waals surface area contributed by atoms with E-state index in [-0.39, 0.29) is 0 Å². The first kappa shape index (κ1) is 18.2. The monoisotopic (exact) mass is 391 g/mol. The minimum atomic E-state index is 0.727. The second-order valence-electron chi connectivity index (χ2n) is 6.88.